The van der Waals surface area contributed by atoms with Gasteiger partial charge in [0, 0.05) is 17.3 Å². The van der Waals surface area contributed by atoms with Gasteiger partial charge in [0.1, 0.15) is 0 Å². The Balaban J connectivity index is 1.75. The molecule has 5 rings (SSSR count). The van der Waals surface area contributed by atoms with E-state index < -0.39 is 0 Å². The summed E-state index contributed by atoms with van der Waals surface area (Å²) < 4.78 is 1.83. The third-order valence-electron chi connectivity index (χ3n) is 4.62. The maximum Gasteiger partial charge on any atom is 0.253 e. The average molecular weight is 336 g/mol. The Morgan fingerprint density at radius 1 is 0.808 bits per heavy atom. The number of aryl methyl sites for hydroxylation is 1. The van der Waals surface area contributed by atoms with Crippen LogP contribution in [0.2, 0.25) is 0 Å². The number of aromatic nitrogens is 4. The van der Waals surface area contributed by atoms with Crippen molar-refractivity contribution in [3.8, 4) is 22.6 Å². The normalized spacial score (nSPS) is 11.3. The number of hydrogen-bond acceptors (Lipinski definition) is 3. The van der Waals surface area contributed by atoms with E-state index in [0.29, 0.717) is 11.6 Å². The number of hydrogen-bond donors (Lipinski definition) is 0. The lowest BCUT2D eigenvalue weighted by Crippen LogP contribution is -1.96. The molecular weight excluding hydrogens is 320 g/mol. The van der Waals surface area contributed by atoms with Crippen LogP contribution < -0.4 is 0 Å². The molecule has 2 aromatic heterocycles. The zero-order valence-electron chi connectivity index (χ0n) is 14.3. The number of benzene rings is 3. The van der Waals surface area contributed by atoms with E-state index in [9.17, 15) is 0 Å². The minimum absolute atomic E-state index is 0.603. The van der Waals surface area contributed by atoms with Crippen molar-refractivity contribution >= 4 is 16.6 Å². The molecule has 26 heavy (non-hydrogen) atoms. The molecule has 0 unspecified atom stereocenters. The Labute approximate surface area is 150 Å². The van der Waals surface area contributed by atoms with Crippen molar-refractivity contribution in [3.05, 3.63) is 84.6 Å². The van der Waals surface area contributed by atoms with Gasteiger partial charge in [0.05, 0.1) is 5.69 Å². The molecule has 0 bridgehead atoms. The lowest BCUT2D eigenvalue weighted by Gasteiger charge is -2.07. The topological polar surface area (TPSA) is 43.1 Å². The molecule has 5 aromatic rings. The molecule has 4 heteroatoms. The molecule has 124 valence electrons. The third-order valence-corrected chi connectivity index (χ3v) is 4.62. The van der Waals surface area contributed by atoms with Gasteiger partial charge < -0.3 is 0 Å². The summed E-state index contributed by atoms with van der Waals surface area (Å²) in [6.07, 6.45) is 1.79. The van der Waals surface area contributed by atoms with Gasteiger partial charge in [-0.2, -0.15) is 9.50 Å². The predicted octanol–water partition coefficient (Wildman–Crippen LogP) is 4.92. The van der Waals surface area contributed by atoms with Crippen LogP contribution in [0.25, 0.3) is 39.2 Å². The molecule has 0 amide bonds. The summed E-state index contributed by atoms with van der Waals surface area (Å²) in [6, 6.07) is 24.9. The highest BCUT2D eigenvalue weighted by atomic mass is 15.3. The average Bonchev–Trinajstić information content (AvgIpc) is 3.12. The third kappa shape index (κ3) is 2.35. The van der Waals surface area contributed by atoms with Gasteiger partial charge in [-0.05, 0) is 23.8 Å². The Hall–Kier alpha value is -3.53. The maximum absolute atomic E-state index is 4.74. The summed E-state index contributed by atoms with van der Waals surface area (Å²) >= 11 is 0. The molecule has 0 N–H and O–H groups in total. The van der Waals surface area contributed by atoms with Gasteiger partial charge >= 0.3 is 0 Å². The van der Waals surface area contributed by atoms with Crippen LogP contribution >= 0.6 is 0 Å². The number of fused-ring (bicyclic) bond motifs is 2. The molecule has 4 nitrogen and oxygen atoms in total. The van der Waals surface area contributed by atoms with Crippen LogP contribution in [0.3, 0.4) is 0 Å². The van der Waals surface area contributed by atoms with Crippen molar-refractivity contribution in [3.63, 3.8) is 0 Å². The summed E-state index contributed by atoms with van der Waals surface area (Å²) in [4.78, 5) is 9.02. The second-order valence-corrected chi connectivity index (χ2v) is 6.37. The van der Waals surface area contributed by atoms with Crippen LogP contribution in [-0.2, 0) is 0 Å². The zero-order valence-corrected chi connectivity index (χ0v) is 14.3. The molecule has 2 heterocycles. The first-order chi connectivity index (χ1) is 12.8. The monoisotopic (exact) mass is 336 g/mol. The zero-order chi connectivity index (χ0) is 17.5. The first-order valence-corrected chi connectivity index (χ1v) is 8.56. The van der Waals surface area contributed by atoms with Crippen molar-refractivity contribution in [1.82, 2.24) is 19.6 Å². The predicted molar refractivity (Wildman–Crippen MR) is 104 cm³/mol. The standard InChI is InChI=1S/C22H16N4/c1-15-9-11-17(12-10-15)21-24-22-23-14-13-20(26(22)25-21)19-8-4-6-16-5-2-3-7-18(16)19/h2-14H,1H3. The summed E-state index contributed by atoms with van der Waals surface area (Å²) in [5.41, 5.74) is 4.31. The fraction of sp³-hybridized carbons (Fsp3) is 0.0455. The van der Waals surface area contributed by atoms with E-state index in [0.717, 1.165) is 16.8 Å². The van der Waals surface area contributed by atoms with Gasteiger partial charge in [-0.1, -0.05) is 72.3 Å². The first-order valence-electron chi connectivity index (χ1n) is 8.56. The van der Waals surface area contributed by atoms with Gasteiger partial charge in [-0.15, -0.1) is 5.10 Å². The molecule has 0 saturated carbocycles. The molecule has 0 saturated heterocycles. The van der Waals surface area contributed by atoms with E-state index in [4.69, 9.17) is 5.10 Å². The molecule has 0 radical (unpaired) electrons. The van der Waals surface area contributed by atoms with E-state index in [2.05, 4.69) is 71.5 Å². The lowest BCUT2D eigenvalue weighted by atomic mass is 10.0. The van der Waals surface area contributed by atoms with Gasteiger partial charge in [-0.3, -0.25) is 0 Å². The van der Waals surface area contributed by atoms with Crippen LogP contribution in [0.5, 0.6) is 0 Å². The molecule has 0 atom stereocenters. The maximum atomic E-state index is 4.74. The molecular formula is C22H16N4. The van der Waals surface area contributed by atoms with Gasteiger partial charge in [-0.25, -0.2) is 4.98 Å². The summed E-state index contributed by atoms with van der Waals surface area (Å²) in [7, 11) is 0. The van der Waals surface area contributed by atoms with Crippen molar-refractivity contribution in [2.45, 2.75) is 6.92 Å². The number of rotatable bonds is 2. The lowest BCUT2D eigenvalue weighted by molar-refractivity contribution is 0.952. The smallest absolute Gasteiger partial charge is 0.220 e. The van der Waals surface area contributed by atoms with Gasteiger partial charge in [0.15, 0.2) is 5.82 Å². The molecule has 0 aliphatic rings. The van der Waals surface area contributed by atoms with Gasteiger partial charge in [0.2, 0.25) is 0 Å². The van der Waals surface area contributed by atoms with E-state index in [1.54, 1.807) is 6.20 Å². The van der Waals surface area contributed by atoms with E-state index in [1.807, 2.05) is 22.7 Å². The minimum atomic E-state index is 0.603. The van der Waals surface area contributed by atoms with Crippen molar-refractivity contribution in [1.29, 1.82) is 0 Å². The van der Waals surface area contributed by atoms with Crippen molar-refractivity contribution in [2.75, 3.05) is 0 Å². The van der Waals surface area contributed by atoms with E-state index in [-0.39, 0.29) is 0 Å². The summed E-state index contributed by atoms with van der Waals surface area (Å²) in [5, 5.41) is 7.13. The SMILES string of the molecule is Cc1ccc(-c2nc3nccc(-c4cccc5ccccc45)n3n2)cc1. The Bertz CT molecular complexity index is 1230. The van der Waals surface area contributed by atoms with Crippen LogP contribution in [0.15, 0.2) is 79.0 Å². The second-order valence-electron chi connectivity index (χ2n) is 6.37. The quantitative estimate of drug-likeness (QED) is 0.459. The number of nitrogens with zero attached hydrogens (tertiary/aromatic N) is 4. The van der Waals surface area contributed by atoms with E-state index >= 15 is 0 Å². The van der Waals surface area contributed by atoms with Crippen LogP contribution in [0, 0.1) is 6.92 Å². The largest absolute Gasteiger partial charge is 0.253 e. The highest BCUT2D eigenvalue weighted by Gasteiger charge is 2.13. The fourth-order valence-electron chi connectivity index (χ4n) is 3.27. The van der Waals surface area contributed by atoms with Crippen LogP contribution in [0.1, 0.15) is 5.56 Å². The highest BCUT2D eigenvalue weighted by Crippen LogP contribution is 2.29. The molecule has 3 aromatic carbocycles. The highest BCUT2D eigenvalue weighted by molar-refractivity contribution is 5.96. The fourth-order valence-corrected chi connectivity index (χ4v) is 3.27. The Morgan fingerprint density at radius 3 is 2.50 bits per heavy atom. The Morgan fingerprint density at radius 2 is 1.62 bits per heavy atom. The second kappa shape index (κ2) is 5.77. The first kappa shape index (κ1) is 14.8. The summed E-state index contributed by atoms with van der Waals surface area (Å²) in [6.45, 7) is 2.07. The molecule has 0 spiro atoms. The van der Waals surface area contributed by atoms with Gasteiger partial charge in [0.25, 0.3) is 5.78 Å². The summed E-state index contributed by atoms with van der Waals surface area (Å²) in [5.74, 6) is 1.29. The van der Waals surface area contributed by atoms with Crippen molar-refractivity contribution < 1.29 is 0 Å². The minimum Gasteiger partial charge on any atom is -0.220 e. The van der Waals surface area contributed by atoms with E-state index in [1.165, 1.54) is 16.3 Å². The van der Waals surface area contributed by atoms with Crippen LogP contribution in [-0.4, -0.2) is 19.6 Å². The molecule has 0 fully saturated rings. The van der Waals surface area contributed by atoms with Crippen LogP contribution in [0.4, 0.5) is 0 Å². The van der Waals surface area contributed by atoms with Crippen molar-refractivity contribution in [2.24, 2.45) is 0 Å². The molecule has 0 aliphatic heterocycles. The Kier molecular flexibility index (Phi) is 3.28. The molecule has 0 aliphatic carbocycles.